The van der Waals surface area contributed by atoms with Gasteiger partial charge in [0.2, 0.25) is 0 Å². The topological polar surface area (TPSA) is 18.5 Å². The van der Waals surface area contributed by atoms with Crippen LogP contribution in [0.4, 0.5) is 0 Å². The fourth-order valence-electron chi connectivity index (χ4n) is 4.04. The summed E-state index contributed by atoms with van der Waals surface area (Å²) in [4.78, 5) is 5.49. The van der Waals surface area contributed by atoms with Crippen LogP contribution in [0.1, 0.15) is 59.8 Å². The normalized spacial score (nSPS) is 25.3. The van der Waals surface area contributed by atoms with Gasteiger partial charge in [0.15, 0.2) is 0 Å². The lowest BCUT2D eigenvalue weighted by molar-refractivity contribution is 0.141. The number of nitrogens with one attached hydrogen (secondary N) is 1. The maximum absolute atomic E-state index is 3.69. The average molecular weight is 296 g/mol. The fourth-order valence-corrected chi connectivity index (χ4v) is 4.04. The SMILES string of the molecule is CCC(CC)(CNC(C)C)CN1CCC(N2CCCC2)C1. The highest BCUT2D eigenvalue weighted by Crippen LogP contribution is 2.30. The number of hydrogen-bond donors (Lipinski definition) is 1. The lowest BCUT2D eigenvalue weighted by atomic mass is 9.81. The summed E-state index contributed by atoms with van der Waals surface area (Å²) in [6.45, 7) is 17.0. The van der Waals surface area contributed by atoms with Crippen molar-refractivity contribution in [3.05, 3.63) is 0 Å². The van der Waals surface area contributed by atoms with E-state index in [0.717, 1.165) is 6.04 Å². The molecule has 1 atom stereocenters. The van der Waals surface area contributed by atoms with E-state index < -0.39 is 0 Å². The van der Waals surface area contributed by atoms with Crippen LogP contribution in [-0.2, 0) is 0 Å². The molecular weight excluding hydrogens is 258 g/mol. The lowest BCUT2D eigenvalue weighted by Gasteiger charge is -2.37. The van der Waals surface area contributed by atoms with E-state index >= 15 is 0 Å². The summed E-state index contributed by atoms with van der Waals surface area (Å²) in [6, 6.07) is 1.44. The van der Waals surface area contributed by atoms with E-state index in [-0.39, 0.29) is 0 Å². The summed E-state index contributed by atoms with van der Waals surface area (Å²) in [6.07, 6.45) is 6.80. The van der Waals surface area contributed by atoms with Crippen LogP contribution >= 0.6 is 0 Å². The third kappa shape index (κ3) is 4.67. The minimum atomic E-state index is 0.462. The molecule has 21 heavy (non-hydrogen) atoms. The monoisotopic (exact) mass is 295 g/mol. The first-order valence-electron chi connectivity index (χ1n) is 9.28. The molecular formula is C18H37N3. The quantitative estimate of drug-likeness (QED) is 0.743. The Kier molecular flexibility index (Phi) is 6.51. The van der Waals surface area contributed by atoms with Crippen molar-refractivity contribution >= 4 is 0 Å². The maximum atomic E-state index is 3.69. The third-order valence-electron chi connectivity index (χ3n) is 5.85. The fraction of sp³-hybridized carbons (Fsp3) is 1.00. The molecule has 3 nitrogen and oxygen atoms in total. The van der Waals surface area contributed by atoms with Crippen LogP contribution in [0.3, 0.4) is 0 Å². The molecule has 1 unspecified atom stereocenters. The van der Waals surface area contributed by atoms with Gasteiger partial charge >= 0.3 is 0 Å². The molecule has 2 heterocycles. The molecule has 2 fully saturated rings. The highest BCUT2D eigenvalue weighted by Gasteiger charge is 2.34. The van der Waals surface area contributed by atoms with Gasteiger partial charge in [-0.25, -0.2) is 0 Å². The zero-order chi connectivity index (χ0) is 15.3. The van der Waals surface area contributed by atoms with Crippen LogP contribution in [-0.4, -0.2) is 61.2 Å². The molecule has 2 rings (SSSR count). The van der Waals surface area contributed by atoms with Gasteiger partial charge in [0.05, 0.1) is 0 Å². The van der Waals surface area contributed by atoms with Crippen LogP contribution in [0, 0.1) is 5.41 Å². The summed E-state index contributed by atoms with van der Waals surface area (Å²) < 4.78 is 0. The predicted octanol–water partition coefficient (Wildman–Crippen LogP) is 2.96. The Morgan fingerprint density at radius 1 is 1.10 bits per heavy atom. The van der Waals surface area contributed by atoms with Crippen molar-refractivity contribution in [2.45, 2.75) is 71.9 Å². The third-order valence-corrected chi connectivity index (χ3v) is 5.85. The van der Waals surface area contributed by atoms with Crippen molar-refractivity contribution in [2.75, 3.05) is 39.3 Å². The van der Waals surface area contributed by atoms with Gasteiger partial charge in [0, 0.05) is 31.7 Å². The number of rotatable bonds is 8. The molecule has 3 heteroatoms. The molecule has 2 saturated heterocycles. The molecule has 0 spiro atoms. The van der Waals surface area contributed by atoms with E-state index in [9.17, 15) is 0 Å². The second-order valence-corrected chi connectivity index (χ2v) is 7.66. The summed E-state index contributed by atoms with van der Waals surface area (Å²) in [5.41, 5.74) is 0.462. The van der Waals surface area contributed by atoms with E-state index in [4.69, 9.17) is 0 Å². The second-order valence-electron chi connectivity index (χ2n) is 7.66. The number of nitrogens with zero attached hydrogens (tertiary/aromatic N) is 2. The Bertz CT molecular complexity index is 293. The Labute approximate surface area is 132 Å². The van der Waals surface area contributed by atoms with Crippen LogP contribution < -0.4 is 5.32 Å². The molecule has 124 valence electrons. The minimum Gasteiger partial charge on any atom is -0.314 e. The van der Waals surface area contributed by atoms with Gasteiger partial charge in [0.25, 0.3) is 0 Å². The Morgan fingerprint density at radius 2 is 1.76 bits per heavy atom. The molecule has 1 N–H and O–H groups in total. The van der Waals surface area contributed by atoms with Gasteiger partial charge in [-0.1, -0.05) is 27.7 Å². The van der Waals surface area contributed by atoms with Crippen molar-refractivity contribution in [1.29, 1.82) is 0 Å². The summed E-state index contributed by atoms with van der Waals surface area (Å²) in [5, 5.41) is 3.69. The number of likely N-dealkylation sites (tertiary alicyclic amines) is 2. The summed E-state index contributed by atoms with van der Waals surface area (Å²) in [5.74, 6) is 0. The smallest absolute Gasteiger partial charge is 0.0235 e. The molecule has 0 saturated carbocycles. The maximum Gasteiger partial charge on any atom is 0.0235 e. The van der Waals surface area contributed by atoms with Gasteiger partial charge in [-0.05, 0) is 57.2 Å². The second kappa shape index (κ2) is 7.94. The van der Waals surface area contributed by atoms with E-state index in [1.807, 2.05) is 0 Å². The molecule has 0 aliphatic carbocycles. The van der Waals surface area contributed by atoms with E-state index in [2.05, 4.69) is 42.8 Å². The Balaban J connectivity index is 1.85. The largest absolute Gasteiger partial charge is 0.314 e. The molecule has 2 aliphatic rings. The van der Waals surface area contributed by atoms with Crippen LogP contribution in [0.15, 0.2) is 0 Å². The Morgan fingerprint density at radius 3 is 2.33 bits per heavy atom. The standard InChI is InChI=1S/C18H37N3/c1-5-18(6-2,14-19-16(3)4)15-20-12-9-17(13-20)21-10-7-8-11-21/h16-17,19H,5-15H2,1-4H3. The summed E-state index contributed by atoms with van der Waals surface area (Å²) >= 11 is 0. The molecule has 0 aromatic heterocycles. The molecule has 0 aromatic carbocycles. The highest BCUT2D eigenvalue weighted by molar-refractivity contribution is 4.90. The molecule has 2 aliphatic heterocycles. The van der Waals surface area contributed by atoms with Gasteiger partial charge in [-0.3, -0.25) is 4.90 Å². The molecule has 0 aromatic rings. The first-order valence-corrected chi connectivity index (χ1v) is 9.28. The van der Waals surface area contributed by atoms with E-state index in [0.29, 0.717) is 11.5 Å². The van der Waals surface area contributed by atoms with Crippen LogP contribution in [0.2, 0.25) is 0 Å². The number of hydrogen-bond acceptors (Lipinski definition) is 3. The Hall–Kier alpha value is -0.120. The van der Waals surface area contributed by atoms with E-state index in [1.54, 1.807) is 0 Å². The molecule has 0 bridgehead atoms. The van der Waals surface area contributed by atoms with Gasteiger partial charge in [-0.2, -0.15) is 0 Å². The van der Waals surface area contributed by atoms with Crippen LogP contribution in [0.25, 0.3) is 0 Å². The predicted molar refractivity (Wildman–Crippen MR) is 91.8 cm³/mol. The van der Waals surface area contributed by atoms with Gasteiger partial charge in [0.1, 0.15) is 0 Å². The van der Waals surface area contributed by atoms with Gasteiger partial charge < -0.3 is 10.2 Å². The van der Waals surface area contributed by atoms with Crippen molar-refractivity contribution in [3.63, 3.8) is 0 Å². The zero-order valence-electron chi connectivity index (χ0n) is 14.8. The van der Waals surface area contributed by atoms with Crippen molar-refractivity contribution < 1.29 is 0 Å². The summed E-state index contributed by atoms with van der Waals surface area (Å²) in [7, 11) is 0. The lowest BCUT2D eigenvalue weighted by Crippen LogP contribution is -2.45. The first kappa shape index (κ1) is 17.2. The van der Waals surface area contributed by atoms with Crippen molar-refractivity contribution in [1.82, 2.24) is 15.1 Å². The highest BCUT2D eigenvalue weighted by atomic mass is 15.3. The van der Waals surface area contributed by atoms with E-state index in [1.165, 1.54) is 71.4 Å². The minimum absolute atomic E-state index is 0.462. The van der Waals surface area contributed by atoms with Crippen LogP contribution in [0.5, 0.6) is 0 Å². The molecule has 0 amide bonds. The van der Waals surface area contributed by atoms with Crippen molar-refractivity contribution in [3.8, 4) is 0 Å². The van der Waals surface area contributed by atoms with Gasteiger partial charge in [-0.15, -0.1) is 0 Å². The average Bonchev–Trinajstić information content (AvgIpc) is 3.14. The van der Waals surface area contributed by atoms with Crippen molar-refractivity contribution in [2.24, 2.45) is 5.41 Å². The molecule has 0 radical (unpaired) electrons. The first-order chi connectivity index (χ1) is 10.1. The zero-order valence-corrected chi connectivity index (χ0v) is 14.8.